The Balaban J connectivity index is 2.19. The van der Waals surface area contributed by atoms with Crippen LogP contribution in [0.4, 0.5) is 5.69 Å². The summed E-state index contributed by atoms with van der Waals surface area (Å²) in [7, 11) is 0. The monoisotopic (exact) mass is 271 g/mol. The zero-order valence-corrected chi connectivity index (χ0v) is 12.1. The fourth-order valence-electron chi connectivity index (χ4n) is 2.21. The SMILES string of the molecule is CC(C)c1cccc(NC(C)c2ccc(O)cc2O)c1. The Kier molecular flexibility index (Phi) is 4.18. The minimum atomic E-state index is -0.0435. The Morgan fingerprint density at radius 2 is 1.70 bits per heavy atom. The maximum absolute atomic E-state index is 9.88. The number of nitrogens with one attached hydrogen (secondary N) is 1. The van der Waals surface area contributed by atoms with Crippen LogP contribution in [0.15, 0.2) is 42.5 Å². The quantitative estimate of drug-likeness (QED) is 0.772. The minimum absolute atomic E-state index is 0.0435. The van der Waals surface area contributed by atoms with Crippen molar-refractivity contribution in [2.75, 3.05) is 5.32 Å². The zero-order valence-electron chi connectivity index (χ0n) is 12.1. The molecule has 0 spiro atoms. The van der Waals surface area contributed by atoms with E-state index in [9.17, 15) is 10.2 Å². The second kappa shape index (κ2) is 5.87. The number of phenolic OH excluding ortho intramolecular Hbond substituents is 2. The fraction of sp³-hybridized carbons (Fsp3) is 0.294. The summed E-state index contributed by atoms with van der Waals surface area (Å²) < 4.78 is 0. The molecule has 20 heavy (non-hydrogen) atoms. The molecule has 2 aromatic carbocycles. The van der Waals surface area contributed by atoms with Crippen molar-refractivity contribution in [1.82, 2.24) is 0 Å². The molecule has 0 bridgehead atoms. The van der Waals surface area contributed by atoms with Gasteiger partial charge in [0.1, 0.15) is 11.5 Å². The van der Waals surface area contributed by atoms with Crippen molar-refractivity contribution in [3.63, 3.8) is 0 Å². The van der Waals surface area contributed by atoms with Crippen molar-refractivity contribution in [2.45, 2.75) is 32.7 Å². The summed E-state index contributed by atoms with van der Waals surface area (Å²) in [6.45, 7) is 6.30. The van der Waals surface area contributed by atoms with E-state index < -0.39 is 0 Å². The highest BCUT2D eigenvalue weighted by Gasteiger charge is 2.11. The van der Waals surface area contributed by atoms with E-state index in [2.05, 4.69) is 31.3 Å². The van der Waals surface area contributed by atoms with Gasteiger partial charge in [0.05, 0.1) is 6.04 Å². The predicted octanol–water partition coefficient (Wildman–Crippen LogP) is 4.39. The zero-order chi connectivity index (χ0) is 14.7. The van der Waals surface area contributed by atoms with Crippen LogP contribution >= 0.6 is 0 Å². The molecule has 3 heteroatoms. The first-order valence-corrected chi connectivity index (χ1v) is 6.85. The van der Waals surface area contributed by atoms with Gasteiger partial charge >= 0.3 is 0 Å². The molecular weight excluding hydrogens is 250 g/mol. The normalized spacial score (nSPS) is 12.4. The number of phenols is 2. The average molecular weight is 271 g/mol. The molecule has 0 aromatic heterocycles. The van der Waals surface area contributed by atoms with Gasteiger partial charge in [-0.25, -0.2) is 0 Å². The van der Waals surface area contributed by atoms with E-state index >= 15 is 0 Å². The van der Waals surface area contributed by atoms with Gasteiger partial charge in [0.15, 0.2) is 0 Å². The Hall–Kier alpha value is -2.16. The molecule has 0 fully saturated rings. The van der Waals surface area contributed by atoms with Crippen LogP contribution in [-0.2, 0) is 0 Å². The van der Waals surface area contributed by atoms with Crippen LogP contribution in [0, 0.1) is 0 Å². The third kappa shape index (κ3) is 3.23. The molecule has 2 rings (SSSR count). The number of aromatic hydroxyl groups is 2. The molecule has 0 aliphatic rings. The molecule has 0 aliphatic heterocycles. The summed E-state index contributed by atoms with van der Waals surface area (Å²) in [6.07, 6.45) is 0. The highest BCUT2D eigenvalue weighted by atomic mass is 16.3. The number of hydrogen-bond acceptors (Lipinski definition) is 3. The molecule has 0 radical (unpaired) electrons. The van der Waals surface area contributed by atoms with Crippen LogP contribution in [0.25, 0.3) is 0 Å². The van der Waals surface area contributed by atoms with E-state index in [1.807, 2.05) is 19.1 Å². The summed E-state index contributed by atoms with van der Waals surface area (Å²) in [5, 5.41) is 22.6. The molecule has 3 N–H and O–H groups in total. The Morgan fingerprint density at radius 3 is 2.35 bits per heavy atom. The summed E-state index contributed by atoms with van der Waals surface area (Å²) in [5.41, 5.74) is 3.06. The van der Waals surface area contributed by atoms with E-state index in [0.717, 1.165) is 11.3 Å². The first-order chi connectivity index (χ1) is 9.47. The Bertz CT molecular complexity index is 593. The summed E-state index contributed by atoms with van der Waals surface area (Å²) in [6, 6.07) is 12.9. The van der Waals surface area contributed by atoms with Gasteiger partial charge in [-0.05, 0) is 42.7 Å². The van der Waals surface area contributed by atoms with Crippen molar-refractivity contribution in [3.8, 4) is 11.5 Å². The third-order valence-electron chi connectivity index (χ3n) is 3.42. The van der Waals surface area contributed by atoms with Crippen LogP contribution in [0.3, 0.4) is 0 Å². The van der Waals surface area contributed by atoms with Crippen LogP contribution in [0.2, 0.25) is 0 Å². The summed E-state index contributed by atoms with van der Waals surface area (Å²) >= 11 is 0. The van der Waals surface area contributed by atoms with Crippen molar-refractivity contribution >= 4 is 5.69 Å². The number of anilines is 1. The van der Waals surface area contributed by atoms with Gasteiger partial charge < -0.3 is 15.5 Å². The third-order valence-corrected chi connectivity index (χ3v) is 3.42. The van der Waals surface area contributed by atoms with Gasteiger partial charge in [0.2, 0.25) is 0 Å². The molecule has 2 aromatic rings. The molecule has 1 atom stereocenters. The molecular formula is C17H21NO2. The lowest BCUT2D eigenvalue weighted by atomic mass is 10.0. The fourth-order valence-corrected chi connectivity index (χ4v) is 2.21. The second-order valence-corrected chi connectivity index (χ2v) is 5.39. The van der Waals surface area contributed by atoms with Crippen molar-refractivity contribution < 1.29 is 10.2 Å². The number of hydrogen-bond donors (Lipinski definition) is 3. The van der Waals surface area contributed by atoms with Crippen LogP contribution in [0.1, 0.15) is 43.9 Å². The van der Waals surface area contributed by atoms with Crippen LogP contribution < -0.4 is 5.32 Å². The number of rotatable bonds is 4. The van der Waals surface area contributed by atoms with Crippen LogP contribution in [-0.4, -0.2) is 10.2 Å². The standard InChI is InChI=1S/C17H21NO2/c1-11(2)13-5-4-6-14(9-13)18-12(3)16-8-7-15(19)10-17(16)20/h4-12,18-20H,1-3H3. The molecule has 0 amide bonds. The van der Waals surface area contributed by atoms with Crippen molar-refractivity contribution in [1.29, 1.82) is 0 Å². The highest BCUT2D eigenvalue weighted by Crippen LogP contribution is 2.30. The van der Waals surface area contributed by atoms with E-state index in [-0.39, 0.29) is 17.5 Å². The van der Waals surface area contributed by atoms with Crippen molar-refractivity contribution in [2.24, 2.45) is 0 Å². The lowest BCUT2D eigenvalue weighted by Gasteiger charge is -2.18. The smallest absolute Gasteiger partial charge is 0.124 e. The Morgan fingerprint density at radius 1 is 0.950 bits per heavy atom. The van der Waals surface area contributed by atoms with Gasteiger partial charge in [0.25, 0.3) is 0 Å². The van der Waals surface area contributed by atoms with Gasteiger partial charge in [-0.15, -0.1) is 0 Å². The van der Waals surface area contributed by atoms with Gasteiger partial charge in [0, 0.05) is 17.3 Å². The minimum Gasteiger partial charge on any atom is -0.508 e. The first kappa shape index (κ1) is 14.3. The van der Waals surface area contributed by atoms with Crippen LogP contribution in [0.5, 0.6) is 11.5 Å². The predicted molar refractivity (Wildman–Crippen MR) is 82.3 cm³/mol. The molecule has 106 valence electrons. The topological polar surface area (TPSA) is 52.5 Å². The first-order valence-electron chi connectivity index (χ1n) is 6.85. The van der Waals surface area contributed by atoms with E-state index in [1.54, 1.807) is 12.1 Å². The average Bonchev–Trinajstić information content (AvgIpc) is 2.38. The summed E-state index contributed by atoms with van der Waals surface area (Å²) in [4.78, 5) is 0. The highest BCUT2D eigenvalue weighted by molar-refractivity contribution is 5.50. The lowest BCUT2D eigenvalue weighted by Crippen LogP contribution is -2.07. The molecule has 0 heterocycles. The molecule has 0 saturated carbocycles. The number of benzene rings is 2. The molecule has 3 nitrogen and oxygen atoms in total. The van der Waals surface area contributed by atoms with Crippen molar-refractivity contribution in [3.05, 3.63) is 53.6 Å². The summed E-state index contributed by atoms with van der Waals surface area (Å²) in [5.74, 6) is 0.652. The maximum Gasteiger partial charge on any atom is 0.124 e. The molecule has 0 aliphatic carbocycles. The maximum atomic E-state index is 9.88. The molecule has 1 unspecified atom stereocenters. The molecule has 0 saturated heterocycles. The van der Waals surface area contributed by atoms with E-state index in [1.165, 1.54) is 11.6 Å². The van der Waals surface area contributed by atoms with Gasteiger partial charge in [-0.3, -0.25) is 0 Å². The second-order valence-electron chi connectivity index (χ2n) is 5.39. The lowest BCUT2D eigenvalue weighted by molar-refractivity contribution is 0.444. The van der Waals surface area contributed by atoms with Gasteiger partial charge in [-0.1, -0.05) is 26.0 Å². The largest absolute Gasteiger partial charge is 0.508 e. The van der Waals surface area contributed by atoms with E-state index in [4.69, 9.17) is 0 Å². The van der Waals surface area contributed by atoms with Gasteiger partial charge in [-0.2, -0.15) is 0 Å². The van der Waals surface area contributed by atoms with E-state index in [0.29, 0.717) is 5.92 Å². The Labute approximate surface area is 119 Å².